The zero-order chi connectivity index (χ0) is 24.4. The number of esters is 2. The van der Waals surface area contributed by atoms with Gasteiger partial charge in [0.25, 0.3) is 0 Å². The normalized spacial score (nSPS) is 27.7. The first-order chi connectivity index (χ1) is 15.1. The molecule has 196 valence electrons. The molecule has 6 heteroatoms. The molecule has 0 aromatic rings. The van der Waals surface area contributed by atoms with Gasteiger partial charge in [-0.15, -0.1) is 0 Å². The SMILES string of the molecule is C.C.COC(=O)CC[C@@]1(C=O)CC=C(C)C[C@@H]1C.COC(=O)CC[C@@]1(C=O)CC=C(C)C[C@H]1C. The lowest BCUT2D eigenvalue weighted by molar-refractivity contribution is -0.143. The Morgan fingerprint density at radius 2 is 1.15 bits per heavy atom. The Morgan fingerprint density at radius 3 is 1.38 bits per heavy atom. The van der Waals surface area contributed by atoms with E-state index in [1.807, 2.05) is 0 Å². The molecule has 0 unspecified atom stereocenters. The van der Waals surface area contributed by atoms with Crippen molar-refractivity contribution in [3.05, 3.63) is 23.3 Å². The van der Waals surface area contributed by atoms with Crippen molar-refractivity contribution < 1.29 is 28.7 Å². The van der Waals surface area contributed by atoms with E-state index in [2.05, 4.69) is 49.3 Å². The molecular weight excluding hydrogens is 432 g/mol. The van der Waals surface area contributed by atoms with Crippen molar-refractivity contribution in [3.63, 3.8) is 0 Å². The Bertz CT molecular complexity index is 675. The Balaban J connectivity index is 0. The summed E-state index contributed by atoms with van der Waals surface area (Å²) >= 11 is 0. The summed E-state index contributed by atoms with van der Waals surface area (Å²) < 4.78 is 9.23. The van der Waals surface area contributed by atoms with Gasteiger partial charge in [0, 0.05) is 23.7 Å². The van der Waals surface area contributed by atoms with Crippen LogP contribution in [0.1, 0.15) is 93.9 Å². The molecule has 0 aliphatic heterocycles. The van der Waals surface area contributed by atoms with Gasteiger partial charge in [0.2, 0.25) is 0 Å². The molecule has 0 amide bonds. The van der Waals surface area contributed by atoms with Gasteiger partial charge >= 0.3 is 11.9 Å². The average Bonchev–Trinajstić information content (AvgIpc) is 2.78. The molecule has 0 spiro atoms. The molecule has 0 saturated carbocycles. The van der Waals surface area contributed by atoms with Gasteiger partial charge in [-0.1, -0.05) is 52.0 Å². The van der Waals surface area contributed by atoms with E-state index in [1.165, 1.54) is 25.4 Å². The van der Waals surface area contributed by atoms with Gasteiger partial charge in [0.05, 0.1) is 14.2 Å². The smallest absolute Gasteiger partial charge is 0.305 e. The lowest BCUT2D eigenvalue weighted by Gasteiger charge is -2.37. The minimum atomic E-state index is -0.367. The summed E-state index contributed by atoms with van der Waals surface area (Å²) in [5, 5.41) is 0. The highest BCUT2D eigenvalue weighted by molar-refractivity contribution is 5.71. The van der Waals surface area contributed by atoms with E-state index in [9.17, 15) is 19.2 Å². The van der Waals surface area contributed by atoms with Crippen molar-refractivity contribution >= 4 is 24.5 Å². The van der Waals surface area contributed by atoms with Crippen LogP contribution < -0.4 is 0 Å². The maximum Gasteiger partial charge on any atom is 0.305 e. The number of hydrogen-bond donors (Lipinski definition) is 0. The van der Waals surface area contributed by atoms with Crippen LogP contribution in [0.2, 0.25) is 0 Å². The minimum absolute atomic E-state index is 0. The number of allylic oxidation sites excluding steroid dienone is 4. The van der Waals surface area contributed by atoms with Crippen LogP contribution in [0.4, 0.5) is 0 Å². The van der Waals surface area contributed by atoms with E-state index < -0.39 is 0 Å². The van der Waals surface area contributed by atoms with E-state index in [4.69, 9.17) is 0 Å². The van der Waals surface area contributed by atoms with E-state index >= 15 is 0 Å². The topological polar surface area (TPSA) is 86.7 Å². The fourth-order valence-corrected chi connectivity index (χ4v) is 4.69. The number of ether oxygens (including phenoxy) is 2. The summed E-state index contributed by atoms with van der Waals surface area (Å²) in [6, 6.07) is 0. The van der Waals surface area contributed by atoms with Gasteiger partial charge in [0.15, 0.2) is 0 Å². The van der Waals surface area contributed by atoms with Crippen LogP contribution in [0.25, 0.3) is 0 Å². The van der Waals surface area contributed by atoms with Crippen LogP contribution in [0.3, 0.4) is 0 Å². The van der Waals surface area contributed by atoms with Crippen molar-refractivity contribution in [2.24, 2.45) is 22.7 Å². The average molecular weight is 481 g/mol. The second-order valence-electron chi connectivity index (χ2n) is 9.57. The second-order valence-corrected chi connectivity index (χ2v) is 9.57. The first-order valence-corrected chi connectivity index (χ1v) is 11.5. The Hall–Kier alpha value is -2.24. The van der Waals surface area contributed by atoms with Crippen LogP contribution in [-0.2, 0) is 28.7 Å². The highest BCUT2D eigenvalue weighted by Crippen LogP contribution is 2.43. The highest BCUT2D eigenvalue weighted by Gasteiger charge is 2.38. The number of rotatable bonds is 8. The Morgan fingerprint density at radius 1 is 0.824 bits per heavy atom. The van der Waals surface area contributed by atoms with Crippen molar-refractivity contribution in [3.8, 4) is 0 Å². The molecular formula is C28H48O6. The fourth-order valence-electron chi connectivity index (χ4n) is 4.69. The molecule has 0 saturated heterocycles. The molecule has 34 heavy (non-hydrogen) atoms. The van der Waals surface area contributed by atoms with Crippen LogP contribution in [0.5, 0.6) is 0 Å². The van der Waals surface area contributed by atoms with Crippen molar-refractivity contribution in [1.82, 2.24) is 0 Å². The predicted octanol–water partition coefficient (Wildman–Crippen LogP) is 6.27. The summed E-state index contributed by atoms with van der Waals surface area (Å²) in [4.78, 5) is 44.9. The number of hydrogen-bond acceptors (Lipinski definition) is 6. The molecule has 2 aliphatic carbocycles. The van der Waals surface area contributed by atoms with Crippen molar-refractivity contribution in [1.29, 1.82) is 0 Å². The van der Waals surface area contributed by atoms with Crippen LogP contribution in [0.15, 0.2) is 23.3 Å². The van der Waals surface area contributed by atoms with E-state index in [0.717, 1.165) is 38.3 Å². The molecule has 0 radical (unpaired) electrons. The van der Waals surface area contributed by atoms with Crippen LogP contribution in [0, 0.1) is 22.7 Å². The van der Waals surface area contributed by atoms with Crippen LogP contribution in [-0.4, -0.2) is 38.7 Å². The van der Waals surface area contributed by atoms with Gasteiger partial charge in [-0.05, 0) is 64.2 Å². The largest absolute Gasteiger partial charge is 0.469 e. The van der Waals surface area contributed by atoms with Crippen molar-refractivity contribution in [2.45, 2.75) is 93.9 Å². The lowest BCUT2D eigenvalue weighted by Crippen LogP contribution is -2.33. The maximum absolute atomic E-state index is 11.3. The number of aldehydes is 2. The standard InChI is InChI=1S/2C13H20O3.2CH4/c2*1-10-4-6-13(9-14,11(2)8-10)7-5-12(15)16-3;;/h2*4,9,11H,5-8H2,1-3H3;2*1H4/t11-,13+;11-,13-;;/m01../s1. The number of carbonyl (C=O) groups is 4. The molecule has 4 atom stereocenters. The van der Waals surface area contributed by atoms with Gasteiger partial charge in [-0.3, -0.25) is 9.59 Å². The molecule has 0 aromatic heterocycles. The van der Waals surface area contributed by atoms with Gasteiger partial charge < -0.3 is 19.1 Å². The monoisotopic (exact) mass is 480 g/mol. The van der Waals surface area contributed by atoms with Gasteiger partial charge in [-0.25, -0.2) is 0 Å². The summed E-state index contributed by atoms with van der Waals surface area (Å²) in [5.74, 6) is 0.138. The predicted molar refractivity (Wildman–Crippen MR) is 137 cm³/mol. The Labute approximate surface area is 207 Å². The first kappa shape index (κ1) is 33.9. The molecule has 6 nitrogen and oxygen atoms in total. The number of carbonyl (C=O) groups excluding carboxylic acids is 4. The molecule has 2 aliphatic rings. The summed E-state index contributed by atoms with van der Waals surface area (Å²) in [6.07, 6.45) is 11.5. The number of methoxy groups -OCH3 is 2. The van der Waals surface area contributed by atoms with Crippen molar-refractivity contribution in [2.75, 3.05) is 14.2 Å². The van der Waals surface area contributed by atoms with Crippen LogP contribution >= 0.6 is 0 Å². The molecule has 2 rings (SSSR count). The van der Waals surface area contributed by atoms with Gasteiger partial charge in [0.1, 0.15) is 12.6 Å². The summed E-state index contributed by atoms with van der Waals surface area (Å²) in [6.45, 7) is 8.35. The highest BCUT2D eigenvalue weighted by atomic mass is 16.5. The quantitative estimate of drug-likeness (QED) is 0.231. The van der Waals surface area contributed by atoms with Gasteiger partial charge in [-0.2, -0.15) is 0 Å². The zero-order valence-corrected chi connectivity index (χ0v) is 20.6. The summed E-state index contributed by atoms with van der Waals surface area (Å²) in [5.41, 5.74) is 1.94. The zero-order valence-electron chi connectivity index (χ0n) is 20.6. The minimum Gasteiger partial charge on any atom is -0.469 e. The first-order valence-electron chi connectivity index (χ1n) is 11.5. The second kappa shape index (κ2) is 15.6. The molecule has 0 N–H and O–H groups in total. The summed E-state index contributed by atoms with van der Waals surface area (Å²) in [7, 11) is 2.76. The maximum atomic E-state index is 11.3. The Kier molecular flexibility index (Phi) is 15.6. The molecule has 0 fully saturated rings. The van der Waals surface area contributed by atoms with E-state index in [0.29, 0.717) is 37.5 Å². The van der Waals surface area contributed by atoms with E-state index in [-0.39, 0.29) is 37.6 Å². The molecule has 0 bridgehead atoms. The molecule has 0 heterocycles. The fraction of sp³-hybridized carbons (Fsp3) is 0.714. The molecule has 0 aromatic carbocycles. The third-order valence-corrected chi connectivity index (χ3v) is 7.39. The third kappa shape index (κ3) is 9.19. The lowest BCUT2D eigenvalue weighted by atomic mass is 9.66. The van der Waals surface area contributed by atoms with E-state index in [1.54, 1.807) is 0 Å². The third-order valence-electron chi connectivity index (χ3n) is 7.39.